The van der Waals surface area contributed by atoms with Gasteiger partial charge in [0, 0.05) is 12.6 Å². The molecule has 3 nitrogen and oxygen atoms in total. The van der Waals surface area contributed by atoms with Gasteiger partial charge in [-0.15, -0.1) is 0 Å². The van der Waals surface area contributed by atoms with Gasteiger partial charge < -0.3 is 4.74 Å². The summed E-state index contributed by atoms with van der Waals surface area (Å²) >= 11 is 0. The lowest BCUT2D eigenvalue weighted by molar-refractivity contribution is 0.00820. The summed E-state index contributed by atoms with van der Waals surface area (Å²) in [5.74, 6) is 6.36. The molecule has 1 fully saturated rings. The zero-order valence-corrected chi connectivity index (χ0v) is 10.9. The first-order valence-corrected chi connectivity index (χ1v) is 6.84. The molecule has 1 heterocycles. The Morgan fingerprint density at radius 3 is 2.81 bits per heavy atom. The van der Waals surface area contributed by atoms with Gasteiger partial charge in [0.05, 0.1) is 6.10 Å². The maximum absolute atomic E-state index is 5.74. The Morgan fingerprint density at radius 2 is 2.25 bits per heavy atom. The molecule has 3 atom stereocenters. The van der Waals surface area contributed by atoms with E-state index in [0.29, 0.717) is 12.1 Å². The number of ether oxygens (including phenoxy) is 1. The molecule has 1 rings (SSSR count). The molecule has 16 heavy (non-hydrogen) atoms. The largest absolute Gasteiger partial charge is 0.378 e. The minimum absolute atomic E-state index is 0.459. The Balaban J connectivity index is 2.16. The van der Waals surface area contributed by atoms with Crippen molar-refractivity contribution in [3.8, 4) is 0 Å². The highest BCUT2D eigenvalue weighted by Gasteiger charge is 2.17. The zero-order valence-electron chi connectivity index (χ0n) is 10.9. The molecule has 0 aromatic carbocycles. The molecule has 1 saturated heterocycles. The van der Waals surface area contributed by atoms with Crippen molar-refractivity contribution in [2.45, 2.75) is 70.9 Å². The first-order chi connectivity index (χ1) is 7.76. The Hall–Kier alpha value is -0.120. The van der Waals surface area contributed by atoms with Gasteiger partial charge in [0.25, 0.3) is 0 Å². The molecule has 0 spiro atoms. The monoisotopic (exact) mass is 228 g/mol. The highest BCUT2D eigenvalue weighted by Crippen LogP contribution is 2.20. The van der Waals surface area contributed by atoms with E-state index in [-0.39, 0.29) is 0 Å². The third-order valence-electron chi connectivity index (χ3n) is 3.73. The summed E-state index contributed by atoms with van der Waals surface area (Å²) in [6.07, 6.45) is 9.01. The highest BCUT2D eigenvalue weighted by atomic mass is 16.5. The summed E-state index contributed by atoms with van der Waals surface area (Å²) in [7, 11) is 0. The SMILES string of the molecule is CCC(C)CC(CCC1CCCCO1)NN. The van der Waals surface area contributed by atoms with Gasteiger partial charge in [-0.3, -0.25) is 11.3 Å². The predicted octanol–water partition coefficient (Wildman–Crippen LogP) is 2.60. The molecule has 3 heteroatoms. The van der Waals surface area contributed by atoms with E-state index < -0.39 is 0 Å². The summed E-state index contributed by atoms with van der Waals surface area (Å²) in [6.45, 7) is 5.49. The van der Waals surface area contributed by atoms with Crippen LogP contribution in [-0.2, 0) is 4.74 Å². The number of nitrogens with one attached hydrogen (secondary N) is 1. The fourth-order valence-corrected chi connectivity index (χ4v) is 2.34. The van der Waals surface area contributed by atoms with Crippen LogP contribution in [0.3, 0.4) is 0 Å². The van der Waals surface area contributed by atoms with E-state index in [4.69, 9.17) is 10.6 Å². The summed E-state index contributed by atoms with van der Waals surface area (Å²) in [6, 6.07) is 0.459. The van der Waals surface area contributed by atoms with Gasteiger partial charge >= 0.3 is 0 Å². The third kappa shape index (κ3) is 5.28. The number of hydrogen-bond donors (Lipinski definition) is 2. The predicted molar refractivity (Wildman–Crippen MR) is 68.0 cm³/mol. The standard InChI is InChI=1S/C13H28N2O/c1-3-11(2)10-12(15-14)7-8-13-6-4-5-9-16-13/h11-13,15H,3-10,14H2,1-2H3. The van der Waals surface area contributed by atoms with E-state index >= 15 is 0 Å². The third-order valence-corrected chi connectivity index (χ3v) is 3.73. The van der Waals surface area contributed by atoms with Gasteiger partial charge in [-0.2, -0.15) is 0 Å². The maximum atomic E-state index is 5.74. The molecule has 1 aliphatic rings. The van der Waals surface area contributed by atoms with Gasteiger partial charge in [0.15, 0.2) is 0 Å². The van der Waals surface area contributed by atoms with Crippen LogP contribution in [-0.4, -0.2) is 18.8 Å². The lowest BCUT2D eigenvalue weighted by atomic mass is 9.94. The maximum Gasteiger partial charge on any atom is 0.0575 e. The van der Waals surface area contributed by atoms with E-state index in [1.54, 1.807) is 0 Å². The molecule has 3 unspecified atom stereocenters. The van der Waals surface area contributed by atoms with Crippen LogP contribution in [0, 0.1) is 5.92 Å². The number of nitrogens with two attached hydrogens (primary N) is 1. The zero-order chi connectivity index (χ0) is 11.8. The lowest BCUT2D eigenvalue weighted by Crippen LogP contribution is -2.37. The minimum atomic E-state index is 0.459. The second kappa shape index (κ2) is 8.04. The topological polar surface area (TPSA) is 47.3 Å². The summed E-state index contributed by atoms with van der Waals surface area (Å²) in [5, 5.41) is 0. The van der Waals surface area contributed by atoms with E-state index in [1.165, 1.54) is 32.1 Å². The van der Waals surface area contributed by atoms with Crippen LogP contribution in [0.2, 0.25) is 0 Å². The van der Waals surface area contributed by atoms with Crippen molar-refractivity contribution < 1.29 is 4.74 Å². The smallest absolute Gasteiger partial charge is 0.0575 e. The molecule has 0 saturated carbocycles. The minimum Gasteiger partial charge on any atom is -0.378 e. The Labute approximate surface area is 100 Å². The number of hydrogen-bond acceptors (Lipinski definition) is 3. The van der Waals surface area contributed by atoms with Crippen LogP contribution in [0.1, 0.15) is 58.8 Å². The average molecular weight is 228 g/mol. The highest BCUT2D eigenvalue weighted by molar-refractivity contribution is 4.71. The van der Waals surface area contributed by atoms with Crippen LogP contribution < -0.4 is 11.3 Å². The normalized spacial score (nSPS) is 25.3. The summed E-state index contributed by atoms with van der Waals surface area (Å²) in [4.78, 5) is 0. The van der Waals surface area contributed by atoms with E-state index in [9.17, 15) is 0 Å². The van der Waals surface area contributed by atoms with Crippen molar-refractivity contribution in [1.29, 1.82) is 0 Å². The molecule has 96 valence electrons. The van der Waals surface area contributed by atoms with Gasteiger partial charge in [-0.05, 0) is 44.4 Å². The van der Waals surface area contributed by atoms with Crippen LogP contribution in [0.5, 0.6) is 0 Å². The van der Waals surface area contributed by atoms with Crippen molar-refractivity contribution >= 4 is 0 Å². The molecule has 0 aromatic heterocycles. The molecule has 3 N–H and O–H groups in total. The summed E-state index contributed by atoms with van der Waals surface area (Å²) < 4.78 is 5.74. The van der Waals surface area contributed by atoms with Crippen LogP contribution in [0.15, 0.2) is 0 Å². The van der Waals surface area contributed by atoms with Crippen molar-refractivity contribution in [1.82, 2.24) is 5.43 Å². The average Bonchev–Trinajstić information content (AvgIpc) is 2.35. The van der Waals surface area contributed by atoms with Gasteiger partial charge in [-0.1, -0.05) is 20.3 Å². The lowest BCUT2D eigenvalue weighted by Gasteiger charge is -2.25. The van der Waals surface area contributed by atoms with E-state index in [0.717, 1.165) is 25.4 Å². The van der Waals surface area contributed by atoms with Crippen molar-refractivity contribution in [3.05, 3.63) is 0 Å². The Morgan fingerprint density at radius 1 is 1.44 bits per heavy atom. The van der Waals surface area contributed by atoms with Crippen LogP contribution in [0.4, 0.5) is 0 Å². The van der Waals surface area contributed by atoms with Gasteiger partial charge in [0.1, 0.15) is 0 Å². The van der Waals surface area contributed by atoms with Crippen molar-refractivity contribution in [2.24, 2.45) is 11.8 Å². The fraction of sp³-hybridized carbons (Fsp3) is 1.00. The second-order valence-corrected chi connectivity index (χ2v) is 5.18. The van der Waals surface area contributed by atoms with Gasteiger partial charge in [-0.25, -0.2) is 0 Å². The number of hydrazine groups is 1. The quantitative estimate of drug-likeness (QED) is 0.520. The number of rotatable bonds is 7. The second-order valence-electron chi connectivity index (χ2n) is 5.18. The van der Waals surface area contributed by atoms with Crippen LogP contribution >= 0.6 is 0 Å². The van der Waals surface area contributed by atoms with E-state index in [2.05, 4.69) is 19.3 Å². The molecule has 1 aliphatic heterocycles. The molecule has 0 radical (unpaired) electrons. The van der Waals surface area contributed by atoms with Gasteiger partial charge in [0.2, 0.25) is 0 Å². The van der Waals surface area contributed by atoms with Crippen molar-refractivity contribution in [3.63, 3.8) is 0 Å². The van der Waals surface area contributed by atoms with Crippen molar-refractivity contribution in [2.75, 3.05) is 6.61 Å². The molecule has 0 amide bonds. The first-order valence-electron chi connectivity index (χ1n) is 6.84. The molecule has 0 bridgehead atoms. The first kappa shape index (κ1) is 13.9. The molecular formula is C13H28N2O. The Kier molecular flexibility index (Phi) is 7.01. The van der Waals surface area contributed by atoms with E-state index in [1.807, 2.05) is 0 Å². The Bertz CT molecular complexity index is 169. The van der Waals surface area contributed by atoms with Crippen LogP contribution in [0.25, 0.3) is 0 Å². The molecular weight excluding hydrogens is 200 g/mol. The molecule has 0 aliphatic carbocycles. The molecule has 0 aromatic rings. The summed E-state index contributed by atoms with van der Waals surface area (Å²) in [5.41, 5.74) is 2.95. The fourth-order valence-electron chi connectivity index (χ4n) is 2.34.